The van der Waals surface area contributed by atoms with E-state index >= 15 is 0 Å². The third-order valence-corrected chi connectivity index (χ3v) is 19.0. The minimum Gasteiger partial charge on any atom is -0.545 e. The van der Waals surface area contributed by atoms with Gasteiger partial charge in [0.25, 0.3) is 0 Å². The zero-order valence-corrected chi connectivity index (χ0v) is 65.0. The van der Waals surface area contributed by atoms with Crippen molar-refractivity contribution in [2.45, 2.75) is 424 Å². The fourth-order valence-electron chi connectivity index (χ4n) is 12.6. The van der Waals surface area contributed by atoms with E-state index in [-0.39, 0.29) is 32.2 Å². The monoisotopic (exact) mass is 1360 g/mol. The lowest BCUT2D eigenvalue weighted by molar-refractivity contribution is -0.870. The highest BCUT2D eigenvalue weighted by atomic mass is 16.7. The van der Waals surface area contributed by atoms with Gasteiger partial charge in [0.1, 0.15) is 13.2 Å². The predicted molar refractivity (Wildman–Crippen MR) is 417 cm³/mol. The van der Waals surface area contributed by atoms with Crippen molar-refractivity contribution in [1.29, 1.82) is 0 Å². The number of carbonyl (C=O) groups excluding carboxylic acids is 3. The Labute approximate surface area is 602 Å². The molecule has 0 bridgehead atoms. The molecule has 0 heterocycles. The van der Waals surface area contributed by atoms with Crippen LogP contribution in [-0.2, 0) is 33.3 Å². The largest absolute Gasteiger partial charge is 0.545 e. The van der Waals surface area contributed by atoms with E-state index in [0.29, 0.717) is 23.9 Å². The van der Waals surface area contributed by atoms with E-state index in [1.807, 2.05) is 21.1 Å². The smallest absolute Gasteiger partial charge is 0.306 e. The molecule has 97 heavy (non-hydrogen) atoms. The topological polar surface area (TPSA) is 111 Å². The van der Waals surface area contributed by atoms with Crippen LogP contribution in [0.2, 0.25) is 0 Å². The molecular weight excluding hydrogens is 1200 g/mol. The van der Waals surface area contributed by atoms with Crippen LogP contribution in [0.15, 0.2) is 72.9 Å². The van der Waals surface area contributed by atoms with Gasteiger partial charge < -0.3 is 33.3 Å². The Morgan fingerprint density at radius 1 is 0.320 bits per heavy atom. The quantitative estimate of drug-likeness (QED) is 0.0195. The minimum atomic E-state index is -1.62. The maximum absolute atomic E-state index is 13.0. The van der Waals surface area contributed by atoms with E-state index in [1.54, 1.807) is 0 Å². The molecule has 0 rings (SSSR count). The summed E-state index contributed by atoms with van der Waals surface area (Å²) in [7, 11) is 5.95. The first kappa shape index (κ1) is 93.7. The molecule has 0 N–H and O–H groups in total. The van der Waals surface area contributed by atoms with Crippen LogP contribution in [0.4, 0.5) is 0 Å². The Hall–Kier alpha value is -3.27. The molecule has 0 aliphatic rings. The van der Waals surface area contributed by atoms with Crippen molar-refractivity contribution in [1.82, 2.24) is 0 Å². The summed E-state index contributed by atoms with van der Waals surface area (Å²) < 4.78 is 22.9. The summed E-state index contributed by atoms with van der Waals surface area (Å²) in [5, 5.41) is 11.9. The highest BCUT2D eigenvalue weighted by Gasteiger charge is 2.22. The van der Waals surface area contributed by atoms with Crippen LogP contribution in [-0.4, -0.2) is 82.3 Å². The maximum atomic E-state index is 13.0. The molecule has 0 aliphatic carbocycles. The Morgan fingerprint density at radius 3 is 0.876 bits per heavy atom. The van der Waals surface area contributed by atoms with Crippen molar-refractivity contribution in [3.63, 3.8) is 0 Å². The number of carboxylic acids is 1. The lowest BCUT2D eigenvalue weighted by Crippen LogP contribution is -2.44. The van der Waals surface area contributed by atoms with Gasteiger partial charge in [-0.05, 0) is 64.2 Å². The normalized spacial score (nSPS) is 13.0. The number of allylic oxidation sites excluding steroid dienone is 12. The average Bonchev–Trinajstić information content (AvgIpc) is 3.11. The Balaban J connectivity index is 3.96. The van der Waals surface area contributed by atoms with Crippen molar-refractivity contribution >= 4 is 17.9 Å². The van der Waals surface area contributed by atoms with Crippen molar-refractivity contribution < 1.29 is 42.9 Å². The number of quaternary nitrogens is 1. The molecule has 0 fully saturated rings. The van der Waals surface area contributed by atoms with Crippen LogP contribution < -0.4 is 5.11 Å². The lowest BCUT2D eigenvalue weighted by atomic mass is 10.0. The minimum absolute atomic E-state index is 0.149. The van der Waals surface area contributed by atoms with Gasteiger partial charge in [0.15, 0.2) is 12.4 Å². The first-order valence-corrected chi connectivity index (χ1v) is 42.1. The molecule has 0 saturated carbocycles. The first-order chi connectivity index (χ1) is 47.6. The lowest BCUT2D eigenvalue weighted by Gasteiger charge is -2.26. The van der Waals surface area contributed by atoms with Crippen LogP contribution in [0.3, 0.4) is 0 Å². The van der Waals surface area contributed by atoms with E-state index in [9.17, 15) is 19.5 Å². The number of esters is 2. The molecule has 0 aromatic rings. The molecular formula is C88H161NO8. The predicted octanol–water partition coefficient (Wildman–Crippen LogP) is 25.8. The summed E-state index contributed by atoms with van der Waals surface area (Å²) in [6.45, 7) is 4.71. The van der Waals surface area contributed by atoms with Gasteiger partial charge in [-0.25, -0.2) is 0 Å². The number of unbranched alkanes of at least 4 members (excludes halogenated alkanes) is 52. The van der Waals surface area contributed by atoms with Crippen LogP contribution >= 0.6 is 0 Å². The van der Waals surface area contributed by atoms with Gasteiger partial charge in [-0.15, -0.1) is 0 Å². The molecule has 0 spiro atoms. The second kappa shape index (κ2) is 78.4. The zero-order valence-electron chi connectivity index (χ0n) is 65.0. The SMILES string of the molecule is CC/C=C\C/C=C\C/C=C\C/C=C\C/C=C\C/C=C\CCCCCCCCCCCCCCCCCCCCC(=O)OC(COC(=O)CCCCCCCCCCCCCCCCCCCCCCCCCCCCCCCCCCCCC)COC(OCC[N+](C)(C)C)C(=O)[O-]. The maximum Gasteiger partial charge on any atom is 0.306 e. The number of rotatable bonds is 79. The average molecular weight is 1360 g/mol. The second-order valence-corrected chi connectivity index (χ2v) is 29.8. The molecule has 0 saturated heterocycles. The number of carbonyl (C=O) groups is 3. The Kier molecular flexibility index (Phi) is 75.8. The van der Waals surface area contributed by atoms with E-state index in [2.05, 4.69) is 86.8 Å². The number of carboxylic acid groups (broad SMARTS) is 1. The Bertz CT molecular complexity index is 1830. The van der Waals surface area contributed by atoms with Crippen molar-refractivity contribution in [3.8, 4) is 0 Å². The van der Waals surface area contributed by atoms with Crippen LogP contribution in [0.5, 0.6) is 0 Å². The zero-order chi connectivity index (χ0) is 70.4. The fourth-order valence-corrected chi connectivity index (χ4v) is 12.6. The number of aliphatic carboxylic acids is 1. The molecule has 0 aromatic heterocycles. The molecule has 0 radical (unpaired) electrons. The van der Waals surface area contributed by atoms with Crippen molar-refractivity contribution in [2.75, 3.05) is 47.5 Å². The summed E-state index contributed by atoms with van der Waals surface area (Å²) in [5.74, 6) is -2.25. The standard InChI is InChI=1S/C88H161NO8/c1-6-8-10-12-14-16-18-20-22-24-26-28-30-32-34-36-38-40-42-43-45-47-49-51-53-55-57-59-61-63-65-67-69-71-73-75-77-79-86(91)97-84(83-96-88(87(92)93)94-81-80-89(3,4)5)82-95-85(90)78-76-74-72-70-68-66-64-62-60-58-56-54-52-50-48-46-44-41-39-37-35-33-31-29-27-25-23-21-19-17-15-13-11-9-7-2/h8,10,14,16,20,22,26,28,32,34,38,40,84,88H,6-7,9,11-13,15,17-19,21,23-25,27,29-31,33,35-37,39,41-83H2,1-5H3/b10-8-,16-14-,22-20-,28-26-,34-32-,40-38-. The molecule has 2 unspecified atom stereocenters. The molecule has 2 atom stereocenters. The van der Waals surface area contributed by atoms with Crippen molar-refractivity contribution in [2.24, 2.45) is 0 Å². The summed E-state index contributed by atoms with van der Waals surface area (Å²) in [6, 6.07) is 0. The van der Waals surface area contributed by atoms with E-state index in [0.717, 1.165) is 70.6 Å². The van der Waals surface area contributed by atoms with E-state index in [4.69, 9.17) is 18.9 Å². The summed E-state index contributed by atoms with van der Waals surface area (Å²) in [5.41, 5.74) is 0. The van der Waals surface area contributed by atoms with Gasteiger partial charge in [0, 0.05) is 12.8 Å². The van der Waals surface area contributed by atoms with E-state index in [1.165, 1.54) is 308 Å². The number of likely N-dealkylation sites (N-methyl/N-ethyl adjacent to an activating group) is 1. The van der Waals surface area contributed by atoms with Gasteiger partial charge in [-0.1, -0.05) is 408 Å². The van der Waals surface area contributed by atoms with Gasteiger partial charge in [-0.3, -0.25) is 9.59 Å². The molecule has 566 valence electrons. The highest BCUT2D eigenvalue weighted by molar-refractivity contribution is 5.70. The summed E-state index contributed by atoms with van der Waals surface area (Å²) >= 11 is 0. The number of hydrogen-bond donors (Lipinski definition) is 0. The van der Waals surface area contributed by atoms with Gasteiger partial charge in [0.05, 0.1) is 40.3 Å². The highest BCUT2D eigenvalue weighted by Crippen LogP contribution is 2.20. The van der Waals surface area contributed by atoms with Crippen LogP contribution in [0.1, 0.15) is 412 Å². The molecule has 0 amide bonds. The van der Waals surface area contributed by atoms with Gasteiger partial charge >= 0.3 is 11.9 Å². The van der Waals surface area contributed by atoms with Crippen molar-refractivity contribution in [3.05, 3.63) is 72.9 Å². The number of hydrogen-bond acceptors (Lipinski definition) is 8. The van der Waals surface area contributed by atoms with Crippen LogP contribution in [0.25, 0.3) is 0 Å². The Morgan fingerprint density at radius 2 is 0.588 bits per heavy atom. The second-order valence-electron chi connectivity index (χ2n) is 29.8. The molecule has 0 aromatic carbocycles. The summed E-state index contributed by atoms with van der Waals surface area (Å²) in [4.78, 5) is 37.6. The molecule has 9 heteroatoms. The fraction of sp³-hybridized carbons (Fsp3) is 0.830. The van der Waals surface area contributed by atoms with Gasteiger partial charge in [0.2, 0.25) is 0 Å². The number of nitrogens with zero attached hydrogens (tertiary/aromatic N) is 1. The summed E-state index contributed by atoms with van der Waals surface area (Å²) in [6.07, 6.45) is 103. The third kappa shape index (κ3) is 79.9. The first-order valence-electron chi connectivity index (χ1n) is 42.1. The number of ether oxygens (including phenoxy) is 4. The third-order valence-electron chi connectivity index (χ3n) is 19.0. The molecule has 9 nitrogen and oxygen atoms in total. The van der Waals surface area contributed by atoms with Crippen LogP contribution in [0, 0.1) is 0 Å². The van der Waals surface area contributed by atoms with Gasteiger partial charge in [-0.2, -0.15) is 0 Å². The molecule has 0 aliphatic heterocycles. The van der Waals surface area contributed by atoms with E-state index < -0.39 is 24.3 Å².